The van der Waals surface area contributed by atoms with Crippen molar-refractivity contribution >= 4 is 35.0 Å². The predicted molar refractivity (Wildman–Crippen MR) is 125 cm³/mol. The van der Waals surface area contributed by atoms with Gasteiger partial charge in [0.1, 0.15) is 11.5 Å². The Kier molecular flexibility index (Phi) is 6.26. The van der Waals surface area contributed by atoms with Gasteiger partial charge in [-0.1, -0.05) is 29.8 Å². The SMILES string of the molecule is COC(=O)c1[nH]c(C)c(/C(O)=C2/C(=O)C(=O)N(Cc3cccnc3)C2c2cccc(Cl)c2)c1C. The van der Waals surface area contributed by atoms with Crippen molar-refractivity contribution < 1.29 is 24.2 Å². The number of ketones is 1. The van der Waals surface area contributed by atoms with Gasteiger partial charge in [-0.2, -0.15) is 0 Å². The second-order valence-corrected chi connectivity index (χ2v) is 8.40. The van der Waals surface area contributed by atoms with Crippen LogP contribution in [0.1, 0.15) is 44.5 Å². The number of amides is 1. The number of aliphatic hydroxyl groups excluding tert-OH is 1. The van der Waals surface area contributed by atoms with Crippen molar-refractivity contribution in [3.8, 4) is 0 Å². The summed E-state index contributed by atoms with van der Waals surface area (Å²) in [6, 6.07) is 9.42. The summed E-state index contributed by atoms with van der Waals surface area (Å²) in [5.74, 6) is -2.57. The molecule has 1 aliphatic rings. The molecule has 3 aromatic rings. The molecule has 1 fully saturated rings. The highest BCUT2D eigenvalue weighted by atomic mass is 35.5. The fraction of sp³-hybridized carbons (Fsp3) is 0.200. The zero-order chi connectivity index (χ0) is 24.6. The number of aromatic amines is 1. The third kappa shape index (κ3) is 3.97. The topological polar surface area (TPSA) is 113 Å². The third-order valence-electron chi connectivity index (χ3n) is 5.84. The van der Waals surface area contributed by atoms with E-state index in [4.69, 9.17) is 16.3 Å². The molecule has 1 aromatic carbocycles. The molecule has 8 nitrogen and oxygen atoms in total. The van der Waals surface area contributed by atoms with E-state index in [2.05, 4.69) is 9.97 Å². The smallest absolute Gasteiger partial charge is 0.354 e. The van der Waals surface area contributed by atoms with Crippen LogP contribution in [0.3, 0.4) is 0 Å². The molecule has 1 saturated heterocycles. The highest BCUT2D eigenvalue weighted by Crippen LogP contribution is 2.42. The van der Waals surface area contributed by atoms with Crippen molar-refractivity contribution in [3.63, 3.8) is 0 Å². The number of hydrogen-bond donors (Lipinski definition) is 2. The normalized spacial score (nSPS) is 17.3. The maximum absolute atomic E-state index is 13.2. The molecule has 0 bridgehead atoms. The van der Waals surface area contributed by atoms with Crippen LogP contribution in [0.2, 0.25) is 5.02 Å². The van der Waals surface area contributed by atoms with Crippen molar-refractivity contribution in [3.05, 3.63) is 93.0 Å². The van der Waals surface area contributed by atoms with Crippen LogP contribution in [-0.4, -0.2) is 44.7 Å². The Balaban J connectivity index is 1.92. The number of halogens is 1. The van der Waals surface area contributed by atoms with Gasteiger partial charge in [-0.25, -0.2) is 4.79 Å². The maximum Gasteiger partial charge on any atom is 0.354 e. The minimum Gasteiger partial charge on any atom is -0.507 e. The lowest BCUT2D eigenvalue weighted by Crippen LogP contribution is -2.29. The van der Waals surface area contributed by atoms with Gasteiger partial charge in [-0.3, -0.25) is 14.6 Å². The van der Waals surface area contributed by atoms with E-state index < -0.39 is 23.7 Å². The summed E-state index contributed by atoms with van der Waals surface area (Å²) in [6.07, 6.45) is 3.22. The van der Waals surface area contributed by atoms with Gasteiger partial charge in [0.15, 0.2) is 0 Å². The number of esters is 1. The second-order valence-electron chi connectivity index (χ2n) is 7.96. The van der Waals surface area contributed by atoms with Gasteiger partial charge in [-0.15, -0.1) is 0 Å². The molecule has 2 aromatic heterocycles. The van der Waals surface area contributed by atoms with Gasteiger partial charge in [0, 0.05) is 35.2 Å². The molecule has 2 N–H and O–H groups in total. The average molecular weight is 480 g/mol. The van der Waals surface area contributed by atoms with Crippen molar-refractivity contribution in [1.82, 2.24) is 14.9 Å². The van der Waals surface area contributed by atoms with Gasteiger partial charge in [0.2, 0.25) is 0 Å². The molecule has 174 valence electrons. The van der Waals surface area contributed by atoms with Gasteiger partial charge < -0.3 is 19.7 Å². The van der Waals surface area contributed by atoms with Crippen molar-refractivity contribution in [1.29, 1.82) is 0 Å². The number of likely N-dealkylation sites (tertiary alicyclic amines) is 1. The van der Waals surface area contributed by atoms with Gasteiger partial charge in [-0.05, 0) is 48.7 Å². The number of aromatic nitrogens is 2. The fourth-order valence-corrected chi connectivity index (χ4v) is 4.50. The lowest BCUT2D eigenvalue weighted by Gasteiger charge is -2.25. The van der Waals surface area contributed by atoms with E-state index >= 15 is 0 Å². The van der Waals surface area contributed by atoms with E-state index in [0.29, 0.717) is 21.8 Å². The zero-order valence-electron chi connectivity index (χ0n) is 18.8. The first-order valence-corrected chi connectivity index (χ1v) is 10.8. The molecule has 1 atom stereocenters. The summed E-state index contributed by atoms with van der Waals surface area (Å²) >= 11 is 6.22. The summed E-state index contributed by atoms with van der Waals surface area (Å²) in [6.45, 7) is 3.39. The van der Waals surface area contributed by atoms with E-state index in [1.165, 1.54) is 12.0 Å². The molecule has 1 unspecified atom stereocenters. The predicted octanol–water partition coefficient (Wildman–Crippen LogP) is 4.09. The monoisotopic (exact) mass is 479 g/mol. The zero-order valence-corrected chi connectivity index (χ0v) is 19.5. The fourth-order valence-electron chi connectivity index (χ4n) is 4.30. The molecule has 0 radical (unpaired) electrons. The molecule has 1 amide bonds. The number of hydrogen-bond acceptors (Lipinski definition) is 6. The first-order chi connectivity index (χ1) is 16.2. The van der Waals surface area contributed by atoms with E-state index in [1.54, 1.807) is 62.6 Å². The summed E-state index contributed by atoms with van der Waals surface area (Å²) in [4.78, 5) is 46.9. The van der Waals surface area contributed by atoms with Crippen LogP contribution in [-0.2, 0) is 20.9 Å². The molecule has 0 aliphatic carbocycles. The third-order valence-corrected chi connectivity index (χ3v) is 6.08. The van der Waals surface area contributed by atoms with Gasteiger partial charge >= 0.3 is 5.97 Å². The van der Waals surface area contributed by atoms with E-state index in [-0.39, 0.29) is 29.1 Å². The Bertz CT molecular complexity index is 1330. The Hall–Kier alpha value is -3.91. The number of aryl methyl sites for hydroxylation is 1. The largest absolute Gasteiger partial charge is 0.507 e. The van der Waals surface area contributed by atoms with Crippen molar-refractivity contribution in [2.24, 2.45) is 0 Å². The first-order valence-electron chi connectivity index (χ1n) is 10.4. The number of carbonyl (C=O) groups is 3. The Morgan fingerprint density at radius 3 is 2.65 bits per heavy atom. The second kappa shape index (κ2) is 9.15. The number of ether oxygens (including phenoxy) is 1. The van der Waals surface area contributed by atoms with Crippen molar-refractivity contribution in [2.45, 2.75) is 26.4 Å². The van der Waals surface area contributed by atoms with E-state index in [0.717, 1.165) is 5.56 Å². The number of rotatable bonds is 5. The van der Waals surface area contributed by atoms with Crippen LogP contribution in [0, 0.1) is 13.8 Å². The van der Waals surface area contributed by atoms with Crippen LogP contribution < -0.4 is 0 Å². The van der Waals surface area contributed by atoms with Crippen LogP contribution in [0.5, 0.6) is 0 Å². The Morgan fingerprint density at radius 1 is 1.24 bits per heavy atom. The average Bonchev–Trinajstić information content (AvgIpc) is 3.26. The van der Waals surface area contributed by atoms with Crippen LogP contribution >= 0.6 is 11.6 Å². The number of nitrogens with zero attached hydrogens (tertiary/aromatic N) is 2. The lowest BCUT2D eigenvalue weighted by molar-refractivity contribution is -0.140. The summed E-state index contributed by atoms with van der Waals surface area (Å²) in [7, 11) is 1.25. The number of pyridine rings is 1. The maximum atomic E-state index is 13.2. The Morgan fingerprint density at radius 2 is 2.00 bits per heavy atom. The minimum atomic E-state index is -0.894. The lowest BCUT2D eigenvalue weighted by atomic mass is 9.94. The number of H-pyrrole nitrogens is 1. The number of nitrogens with one attached hydrogen (secondary N) is 1. The number of carbonyl (C=O) groups excluding carboxylic acids is 3. The van der Waals surface area contributed by atoms with E-state index in [1.807, 2.05) is 0 Å². The quantitative estimate of drug-likeness (QED) is 0.247. The number of benzene rings is 1. The van der Waals surface area contributed by atoms with Gasteiger partial charge in [0.05, 0.1) is 18.7 Å². The molecular formula is C25H22ClN3O5. The van der Waals surface area contributed by atoms with Crippen LogP contribution in [0.25, 0.3) is 5.76 Å². The van der Waals surface area contributed by atoms with Crippen molar-refractivity contribution in [2.75, 3.05) is 7.11 Å². The first kappa shape index (κ1) is 23.3. The molecular weight excluding hydrogens is 458 g/mol. The molecule has 9 heteroatoms. The summed E-state index contributed by atoms with van der Waals surface area (Å²) in [5, 5.41) is 11.8. The summed E-state index contributed by atoms with van der Waals surface area (Å²) in [5.41, 5.74) is 2.49. The molecule has 3 heterocycles. The van der Waals surface area contributed by atoms with E-state index in [9.17, 15) is 19.5 Å². The Labute approximate surface area is 200 Å². The molecule has 34 heavy (non-hydrogen) atoms. The molecule has 0 saturated carbocycles. The van der Waals surface area contributed by atoms with Gasteiger partial charge in [0.25, 0.3) is 11.7 Å². The number of methoxy groups -OCH3 is 1. The molecule has 1 aliphatic heterocycles. The minimum absolute atomic E-state index is 0.0854. The number of Topliss-reactive ketones (excluding diaryl/α,β-unsaturated/α-hetero) is 1. The highest BCUT2D eigenvalue weighted by molar-refractivity contribution is 6.46. The standard InChI is InChI=1S/C25H22ClN3O5/c1-13-18(14(2)28-20(13)25(33)34-3)22(30)19-21(16-7-4-8-17(26)10-16)29(24(32)23(19)31)12-15-6-5-9-27-11-15/h4-11,21,28,30H,12H2,1-3H3/b22-19-. The molecule has 0 spiro atoms. The van der Waals surface area contributed by atoms with Crippen LogP contribution in [0.15, 0.2) is 54.4 Å². The summed E-state index contributed by atoms with van der Waals surface area (Å²) < 4.78 is 4.80. The highest BCUT2D eigenvalue weighted by Gasteiger charge is 2.46. The molecule has 4 rings (SSSR count). The number of aliphatic hydroxyl groups is 1. The van der Waals surface area contributed by atoms with Crippen LogP contribution in [0.4, 0.5) is 0 Å².